The summed E-state index contributed by atoms with van der Waals surface area (Å²) in [6, 6.07) is 22.6. The molecule has 0 N–H and O–H groups in total. The van der Waals surface area contributed by atoms with E-state index in [4.69, 9.17) is 13.3 Å². The van der Waals surface area contributed by atoms with E-state index in [1.807, 2.05) is 11.8 Å². The highest BCUT2D eigenvalue weighted by Gasteiger charge is 2.36. The lowest BCUT2D eigenvalue weighted by Crippen LogP contribution is -2.42. The topological polar surface area (TPSA) is 27.7 Å². The van der Waals surface area contributed by atoms with Crippen molar-refractivity contribution in [3.63, 3.8) is 0 Å². The largest absolute Gasteiger partial charge is 0.500 e. The summed E-state index contributed by atoms with van der Waals surface area (Å²) in [5.74, 6) is 3.31. The zero-order valence-electron chi connectivity index (χ0n) is 17.6. The lowest BCUT2D eigenvalue weighted by Gasteiger charge is -2.24. The zero-order chi connectivity index (χ0) is 20.2. The fourth-order valence-corrected chi connectivity index (χ4v) is 6.65. The minimum absolute atomic E-state index is 0.544. The van der Waals surface area contributed by atoms with Crippen LogP contribution in [0.5, 0.6) is 0 Å². The van der Waals surface area contributed by atoms with Crippen LogP contribution in [0.25, 0.3) is 0 Å². The van der Waals surface area contributed by atoms with E-state index in [2.05, 4.69) is 67.6 Å². The minimum atomic E-state index is -2.44. The van der Waals surface area contributed by atoms with Crippen LogP contribution in [-0.4, -0.2) is 41.6 Å². The van der Waals surface area contributed by atoms with E-state index in [1.165, 1.54) is 11.1 Å². The maximum Gasteiger partial charge on any atom is 0.500 e. The lowest BCUT2D eigenvalue weighted by molar-refractivity contribution is 0.123. The molecular formula is C23H34O3SSi. The normalized spacial score (nSPS) is 14.0. The van der Waals surface area contributed by atoms with Crippen molar-refractivity contribution in [2.45, 2.75) is 37.6 Å². The van der Waals surface area contributed by atoms with Crippen molar-refractivity contribution in [2.24, 2.45) is 0 Å². The molecule has 28 heavy (non-hydrogen) atoms. The van der Waals surface area contributed by atoms with Crippen LogP contribution in [0.3, 0.4) is 0 Å². The summed E-state index contributed by atoms with van der Waals surface area (Å²) < 4.78 is 16.6. The molecule has 2 aromatic rings. The molecule has 0 heterocycles. The Hall–Kier alpha value is -1.11. The Balaban J connectivity index is 1.90. The fourth-order valence-electron chi connectivity index (χ4n) is 3.54. The van der Waals surface area contributed by atoms with Crippen LogP contribution in [0.15, 0.2) is 60.7 Å². The molecule has 0 amide bonds. The third kappa shape index (κ3) is 7.05. The summed E-state index contributed by atoms with van der Waals surface area (Å²) >= 11 is 2.02. The Bertz CT molecular complexity index is 641. The van der Waals surface area contributed by atoms with E-state index < -0.39 is 8.80 Å². The van der Waals surface area contributed by atoms with Gasteiger partial charge >= 0.3 is 8.80 Å². The lowest BCUT2D eigenvalue weighted by atomic mass is 9.87. The molecule has 0 aromatic heterocycles. The molecule has 3 nitrogen and oxygen atoms in total. The predicted octanol–water partition coefficient (Wildman–Crippen LogP) is 5.97. The van der Waals surface area contributed by atoms with E-state index in [9.17, 15) is 0 Å². The molecule has 0 saturated carbocycles. The third-order valence-electron chi connectivity index (χ3n) is 5.30. The van der Waals surface area contributed by atoms with Gasteiger partial charge in [0.15, 0.2) is 0 Å². The van der Waals surface area contributed by atoms with Gasteiger partial charge in [-0.2, -0.15) is 11.8 Å². The van der Waals surface area contributed by atoms with Crippen LogP contribution in [0.1, 0.15) is 42.7 Å². The van der Waals surface area contributed by atoms with Crippen molar-refractivity contribution in [1.82, 2.24) is 0 Å². The van der Waals surface area contributed by atoms with Crippen LogP contribution in [0.2, 0.25) is 6.04 Å². The van der Waals surface area contributed by atoms with Crippen LogP contribution in [0.4, 0.5) is 0 Å². The number of hydrogen-bond donors (Lipinski definition) is 0. The number of hydrogen-bond acceptors (Lipinski definition) is 4. The van der Waals surface area contributed by atoms with Crippen molar-refractivity contribution < 1.29 is 13.3 Å². The summed E-state index contributed by atoms with van der Waals surface area (Å²) in [4.78, 5) is 0. The summed E-state index contributed by atoms with van der Waals surface area (Å²) in [5, 5.41) is 0. The highest BCUT2D eigenvalue weighted by molar-refractivity contribution is 7.99. The first kappa shape index (κ1) is 23.2. The molecule has 2 aromatic carbocycles. The summed E-state index contributed by atoms with van der Waals surface area (Å²) in [6.07, 6.45) is 2.20. The molecule has 0 aliphatic rings. The monoisotopic (exact) mass is 418 g/mol. The van der Waals surface area contributed by atoms with Gasteiger partial charge in [-0.05, 0) is 41.6 Å². The second-order valence-electron chi connectivity index (χ2n) is 7.13. The van der Waals surface area contributed by atoms with Crippen molar-refractivity contribution in [3.05, 3.63) is 71.8 Å². The van der Waals surface area contributed by atoms with Gasteiger partial charge in [0.25, 0.3) is 0 Å². The zero-order valence-corrected chi connectivity index (χ0v) is 19.4. The van der Waals surface area contributed by atoms with Gasteiger partial charge in [0.1, 0.15) is 0 Å². The van der Waals surface area contributed by atoms with Gasteiger partial charge in [-0.25, -0.2) is 0 Å². The van der Waals surface area contributed by atoms with Crippen molar-refractivity contribution in [3.8, 4) is 0 Å². The molecule has 2 unspecified atom stereocenters. The number of benzene rings is 2. The van der Waals surface area contributed by atoms with Crippen LogP contribution < -0.4 is 0 Å². The van der Waals surface area contributed by atoms with Gasteiger partial charge in [-0.1, -0.05) is 67.6 Å². The smallest absolute Gasteiger partial charge is 0.377 e. The molecular weight excluding hydrogens is 384 g/mol. The van der Waals surface area contributed by atoms with E-state index in [1.54, 1.807) is 21.3 Å². The van der Waals surface area contributed by atoms with E-state index in [0.717, 1.165) is 30.4 Å². The molecule has 0 spiro atoms. The second-order valence-corrected chi connectivity index (χ2v) is 11.4. The summed E-state index contributed by atoms with van der Waals surface area (Å²) in [7, 11) is 2.61. The molecule has 0 aliphatic carbocycles. The standard InChI is InChI=1S/C23H34O3SSi/c1-20(21-12-7-5-8-13-21)18-23(22-14-9-6-10-15-22)19-27-16-11-17-28(24-2,25-3)26-4/h5-10,12-15,20,23H,11,16-19H2,1-4H3. The second kappa shape index (κ2) is 12.4. The first-order valence-corrected chi connectivity index (χ1v) is 13.1. The molecule has 154 valence electrons. The van der Waals surface area contributed by atoms with Crippen LogP contribution in [0, 0.1) is 0 Å². The molecule has 5 heteroatoms. The fraction of sp³-hybridized carbons (Fsp3) is 0.478. The van der Waals surface area contributed by atoms with E-state index >= 15 is 0 Å². The van der Waals surface area contributed by atoms with Crippen LogP contribution >= 0.6 is 11.8 Å². The quantitative estimate of drug-likeness (QED) is 0.296. The summed E-state index contributed by atoms with van der Waals surface area (Å²) in [6.45, 7) is 2.34. The predicted molar refractivity (Wildman–Crippen MR) is 122 cm³/mol. The Morgan fingerprint density at radius 2 is 1.36 bits per heavy atom. The molecule has 2 rings (SSSR count). The van der Waals surface area contributed by atoms with Gasteiger partial charge in [-0.15, -0.1) is 0 Å². The van der Waals surface area contributed by atoms with Gasteiger partial charge in [-0.3, -0.25) is 0 Å². The SMILES string of the molecule is CO[Si](CCCSCC(CC(C)c1ccccc1)c1ccccc1)(OC)OC. The van der Waals surface area contributed by atoms with Gasteiger partial charge < -0.3 is 13.3 Å². The first-order valence-electron chi connectivity index (χ1n) is 9.97. The molecule has 0 aliphatic heterocycles. The van der Waals surface area contributed by atoms with Crippen molar-refractivity contribution in [2.75, 3.05) is 32.8 Å². The van der Waals surface area contributed by atoms with E-state index in [-0.39, 0.29) is 0 Å². The average Bonchev–Trinajstić information content (AvgIpc) is 2.77. The Kier molecular flexibility index (Phi) is 10.3. The van der Waals surface area contributed by atoms with Gasteiger partial charge in [0.05, 0.1) is 0 Å². The highest BCUT2D eigenvalue weighted by Crippen LogP contribution is 2.32. The van der Waals surface area contributed by atoms with Crippen molar-refractivity contribution in [1.29, 1.82) is 0 Å². The summed E-state index contributed by atoms with van der Waals surface area (Å²) in [5.41, 5.74) is 2.86. The first-order chi connectivity index (χ1) is 13.6. The molecule has 2 atom stereocenters. The third-order valence-corrected chi connectivity index (χ3v) is 9.35. The molecule has 0 fully saturated rings. The Labute approximate surface area is 176 Å². The average molecular weight is 419 g/mol. The Morgan fingerprint density at radius 1 is 0.821 bits per heavy atom. The van der Waals surface area contributed by atoms with Crippen molar-refractivity contribution >= 4 is 20.6 Å². The van der Waals surface area contributed by atoms with Gasteiger partial charge in [0.2, 0.25) is 0 Å². The highest BCUT2D eigenvalue weighted by atomic mass is 32.2. The molecule has 0 saturated heterocycles. The number of thioether (sulfide) groups is 1. The van der Waals surface area contributed by atoms with Crippen LogP contribution in [-0.2, 0) is 13.3 Å². The number of rotatable bonds is 13. The maximum absolute atomic E-state index is 5.52. The molecule has 0 radical (unpaired) electrons. The van der Waals surface area contributed by atoms with E-state index in [0.29, 0.717) is 11.8 Å². The van der Waals surface area contributed by atoms with Gasteiger partial charge in [0, 0.05) is 33.1 Å². The Morgan fingerprint density at radius 3 is 1.89 bits per heavy atom. The molecule has 0 bridgehead atoms. The maximum atomic E-state index is 5.52. The minimum Gasteiger partial charge on any atom is -0.377 e.